The molecule has 110 valence electrons. The fourth-order valence-electron chi connectivity index (χ4n) is 2.44. The van der Waals surface area contributed by atoms with Gasteiger partial charge >= 0.3 is 10.2 Å². The average Bonchev–Trinajstić information content (AvgIpc) is 2.60. The van der Waals surface area contributed by atoms with Crippen LogP contribution in [0.15, 0.2) is 22.7 Å². The maximum atomic E-state index is 12.7. The number of hydrogen-bond acceptors (Lipinski definition) is 3. The summed E-state index contributed by atoms with van der Waals surface area (Å²) in [7, 11) is -4.53. The Hall–Kier alpha value is -0.950. The van der Waals surface area contributed by atoms with Crippen molar-refractivity contribution in [1.29, 1.82) is 0 Å². The largest absolute Gasteiger partial charge is 0.338 e. The number of nitrogens with zero attached hydrogens (tertiary/aromatic N) is 1. The standard InChI is InChI=1S/C13H15BrFNO3S/c1-9-4-12(14)3-2-11(9)7-16-6-10(5-13(16)17)8-20(15,18)19/h2-4,10H,5-8H2,1H3. The molecule has 1 aliphatic rings. The summed E-state index contributed by atoms with van der Waals surface area (Å²) < 4.78 is 34.9. The second-order valence-electron chi connectivity index (χ2n) is 5.12. The highest BCUT2D eigenvalue weighted by molar-refractivity contribution is 9.10. The summed E-state index contributed by atoms with van der Waals surface area (Å²) in [6, 6.07) is 5.78. The zero-order valence-electron chi connectivity index (χ0n) is 11.0. The van der Waals surface area contributed by atoms with Gasteiger partial charge in [0.25, 0.3) is 0 Å². The third-order valence-electron chi connectivity index (χ3n) is 3.40. The van der Waals surface area contributed by atoms with Gasteiger partial charge in [0, 0.05) is 29.9 Å². The highest BCUT2D eigenvalue weighted by Crippen LogP contribution is 2.24. The van der Waals surface area contributed by atoms with Gasteiger partial charge in [-0.25, -0.2) is 0 Å². The van der Waals surface area contributed by atoms with E-state index >= 15 is 0 Å². The lowest BCUT2D eigenvalue weighted by atomic mass is 10.1. The van der Waals surface area contributed by atoms with Crippen molar-refractivity contribution in [2.75, 3.05) is 12.3 Å². The van der Waals surface area contributed by atoms with Crippen LogP contribution in [0.2, 0.25) is 0 Å². The predicted octanol–water partition coefficient (Wildman–Crippen LogP) is 2.41. The molecule has 1 aromatic rings. The summed E-state index contributed by atoms with van der Waals surface area (Å²) in [6.07, 6.45) is 0.0960. The number of amides is 1. The molecule has 0 aromatic heterocycles. The van der Waals surface area contributed by atoms with Crippen molar-refractivity contribution in [2.45, 2.75) is 19.9 Å². The molecule has 1 amide bonds. The predicted molar refractivity (Wildman–Crippen MR) is 77.3 cm³/mol. The van der Waals surface area contributed by atoms with E-state index < -0.39 is 21.9 Å². The summed E-state index contributed by atoms with van der Waals surface area (Å²) in [5.74, 6) is -1.15. The fraction of sp³-hybridized carbons (Fsp3) is 0.462. The fourth-order valence-corrected chi connectivity index (χ4v) is 3.70. The Morgan fingerprint density at radius 3 is 2.75 bits per heavy atom. The first-order chi connectivity index (χ1) is 9.24. The molecule has 7 heteroatoms. The van der Waals surface area contributed by atoms with Crippen LogP contribution in [0.3, 0.4) is 0 Å². The Morgan fingerprint density at radius 1 is 1.45 bits per heavy atom. The Morgan fingerprint density at radius 2 is 2.15 bits per heavy atom. The second-order valence-corrected chi connectivity index (χ2v) is 7.45. The number of rotatable bonds is 4. The van der Waals surface area contributed by atoms with Crippen LogP contribution in [0, 0.1) is 12.8 Å². The number of carbonyl (C=O) groups is 1. The van der Waals surface area contributed by atoms with E-state index in [1.807, 2.05) is 25.1 Å². The molecule has 2 rings (SSSR count). The van der Waals surface area contributed by atoms with Gasteiger partial charge in [0.15, 0.2) is 0 Å². The SMILES string of the molecule is Cc1cc(Br)ccc1CN1CC(CS(=O)(=O)F)CC1=O. The van der Waals surface area contributed by atoms with Crippen molar-refractivity contribution < 1.29 is 17.1 Å². The first-order valence-corrected chi connectivity index (χ1v) is 8.54. The highest BCUT2D eigenvalue weighted by atomic mass is 79.9. The number of aryl methyl sites for hydroxylation is 1. The maximum absolute atomic E-state index is 12.7. The molecule has 1 atom stereocenters. The Kier molecular flexibility index (Phi) is 4.49. The van der Waals surface area contributed by atoms with E-state index in [2.05, 4.69) is 15.9 Å². The van der Waals surface area contributed by atoms with Crippen LogP contribution < -0.4 is 0 Å². The molecule has 4 nitrogen and oxygen atoms in total. The van der Waals surface area contributed by atoms with Crippen molar-refractivity contribution >= 4 is 32.1 Å². The maximum Gasteiger partial charge on any atom is 0.302 e. The van der Waals surface area contributed by atoms with Gasteiger partial charge in [-0.1, -0.05) is 22.0 Å². The molecule has 0 radical (unpaired) electrons. The number of benzene rings is 1. The molecule has 1 heterocycles. The normalized spacial score (nSPS) is 19.6. The van der Waals surface area contributed by atoms with Gasteiger partial charge in [-0.3, -0.25) is 4.79 Å². The number of likely N-dealkylation sites (tertiary alicyclic amines) is 1. The van der Waals surface area contributed by atoms with E-state index in [1.54, 1.807) is 4.90 Å². The van der Waals surface area contributed by atoms with Crippen molar-refractivity contribution in [2.24, 2.45) is 5.92 Å². The minimum atomic E-state index is -4.53. The summed E-state index contributed by atoms with van der Waals surface area (Å²) in [5.41, 5.74) is 2.05. The molecule has 1 saturated heterocycles. The van der Waals surface area contributed by atoms with Crippen LogP contribution in [0.4, 0.5) is 3.89 Å². The summed E-state index contributed by atoms with van der Waals surface area (Å²) in [5, 5.41) is 0. The molecule has 1 fully saturated rings. The molecule has 0 N–H and O–H groups in total. The van der Waals surface area contributed by atoms with Gasteiger partial charge < -0.3 is 4.90 Å². The third kappa shape index (κ3) is 4.02. The number of carbonyl (C=O) groups excluding carboxylic acids is 1. The van der Waals surface area contributed by atoms with Gasteiger partial charge in [-0.15, -0.1) is 3.89 Å². The Balaban J connectivity index is 2.05. The van der Waals surface area contributed by atoms with Gasteiger partial charge in [0.1, 0.15) is 0 Å². The van der Waals surface area contributed by atoms with Gasteiger partial charge in [-0.05, 0) is 30.2 Å². The Labute approximate surface area is 126 Å². The molecule has 20 heavy (non-hydrogen) atoms. The van der Waals surface area contributed by atoms with Crippen LogP contribution in [0.1, 0.15) is 17.5 Å². The van der Waals surface area contributed by atoms with E-state index in [0.29, 0.717) is 6.54 Å². The number of hydrogen-bond donors (Lipinski definition) is 0. The molecular weight excluding hydrogens is 349 g/mol. The minimum absolute atomic E-state index is 0.0960. The molecule has 0 saturated carbocycles. The first kappa shape index (κ1) is 15.4. The van der Waals surface area contributed by atoms with Crippen LogP contribution >= 0.6 is 15.9 Å². The monoisotopic (exact) mass is 363 g/mol. The average molecular weight is 364 g/mol. The Bertz CT molecular complexity index is 633. The molecule has 1 unspecified atom stereocenters. The van der Waals surface area contributed by atoms with Crippen molar-refractivity contribution in [1.82, 2.24) is 4.90 Å². The van der Waals surface area contributed by atoms with E-state index in [0.717, 1.165) is 15.6 Å². The second kappa shape index (κ2) is 5.81. The molecule has 0 spiro atoms. The van der Waals surface area contributed by atoms with Crippen LogP contribution in [0.5, 0.6) is 0 Å². The van der Waals surface area contributed by atoms with Crippen LogP contribution in [0.25, 0.3) is 0 Å². The quantitative estimate of drug-likeness (QED) is 0.771. The van der Waals surface area contributed by atoms with E-state index in [4.69, 9.17) is 0 Å². The summed E-state index contributed by atoms with van der Waals surface area (Å²) in [4.78, 5) is 13.4. The zero-order valence-corrected chi connectivity index (χ0v) is 13.4. The zero-order chi connectivity index (χ0) is 14.9. The smallest absolute Gasteiger partial charge is 0.302 e. The minimum Gasteiger partial charge on any atom is -0.338 e. The lowest BCUT2D eigenvalue weighted by Crippen LogP contribution is -2.25. The third-order valence-corrected chi connectivity index (χ3v) is 4.76. The topological polar surface area (TPSA) is 54.5 Å². The van der Waals surface area contributed by atoms with Gasteiger partial charge in [-0.2, -0.15) is 8.42 Å². The molecule has 1 aromatic carbocycles. The molecule has 1 aliphatic heterocycles. The van der Waals surface area contributed by atoms with E-state index in [1.165, 1.54) is 0 Å². The summed E-state index contributed by atoms with van der Waals surface area (Å²) in [6.45, 7) is 2.67. The number of halogens is 2. The first-order valence-electron chi connectivity index (χ1n) is 6.20. The lowest BCUT2D eigenvalue weighted by Gasteiger charge is -2.18. The van der Waals surface area contributed by atoms with E-state index in [-0.39, 0.29) is 18.9 Å². The highest BCUT2D eigenvalue weighted by Gasteiger charge is 2.32. The molecular formula is C13H15BrFNO3S. The van der Waals surface area contributed by atoms with Crippen molar-refractivity contribution in [3.8, 4) is 0 Å². The lowest BCUT2D eigenvalue weighted by molar-refractivity contribution is -0.128. The van der Waals surface area contributed by atoms with Gasteiger partial charge in [0.2, 0.25) is 5.91 Å². The van der Waals surface area contributed by atoms with Crippen molar-refractivity contribution in [3.05, 3.63) is 33.8 Å². The van der Waals surface area contributed by atoms with Crippen LogP contribution in [-0.2, 0) is 21.6 Å². The van der Waals surface area contributed by atoms with E-state index in [9.17, 15) is 17.1 Å². The summed E-state index contributed by atoms with van der Waals surface area (Å²) >= 11 is 3.37. The van der Waals surface area contributed by atoms with Gasteiger partial charge in [0.05, 0.1) is 5.75 Å². The molecule has 0 aliphatic carbocycles. The van der Waals surface area contributed by atoms with Crippen molar-refractivity contribution in [3.63, 3.8) is 0 Å². The van der Waals surface area contributed by atoms with Crippen LogP contribution in [-0.4, -0.2) is 31.5 Å². The molecule has 0 bridgehead atoms.